The second kappa shape index (κ2) is 8.69. The van der Waals surface area contributed by atoms with Crippen molar-refractivity contribution in [1.29, 1.82) is 0 Å². The lowest BCUT2D eigenvalue weighted by Gasteiger charge is -2.09. The van der Waals surface area contributed by atoms with Crippen molar-refractivity contribution in [3.63, 3.8) is 0 Å². The van der Waals surface area contributed by atoms with Crippen molar-refractivity contribution in [2.45, 2.75) is 26.7 Å². The van der Waals surface area contributed by atoms with Crippen molar-refractivity contribution in [3.8, 4) is 0 Å². The molecule has 1 nitrogen and oxygen atoms in total. The molecule has 0 aromatic rings. The van der Waals surface area contributed by atoms with Gasteiger partial charge in [-0.2, -0.15) is 0 Å². The summed E-state index contributed by atoms with van der Waals surface area (Å²) in [5.74, 6) is 0.889. The Hall–Kier alpha value is 0.690. The minimum Gasteiger partial charge on any atom is -0.319 e. The third-order valence-corrected chi connectivity index (χ3v) is 1.65. The van der Waals surface area contributed by atoms with Gasteiger partial charge in [0.25, 0.3) is 0 Å². The standard InChI is InChI=1S/C7H17N.HI/c1-4-7(5-2)6-8-3;/h7-8H,4-6H2,1-3H3;1H. The van der Waals surface area contributed by atoms with E-state index in [0.717, 1.165) is 5.92 Å². The summed E-state index contributed by atoms with van der Waals surface area (Å²) < 4.78 is 0. The second-order valence-corrected chi connectivity index (χ2v) is 2.24. The molecule has 0 saturated heterocycles. The van der Waals surface area contributed by atoms with Crippen LogP contribution in [0.4, 0.5) is 0 Å². The number of rotatable bonds is 4. The normalized spacial score (nSPS) is 9.33. The van der Waals surface area contributed by atoms with Crippen molar-refractivity contribution in [1.82, 2.24) is 5.32 Å². The van der Waals surface area contributed by atoms with E-state index in [4.69, 9.17) is 0 Å². The Balaban J connectivity index is 0. The molecular weight excluding hydrogens is 225 g/mol. The molecule has 0 saturated carbocycles. The van der Waals surface area contributed by atoms with Crippen LogP contribution in [0, 0.1) is 5.92 Å². The minimum absolute atomic E-state index is 0. The molecule has 0 aliphatic carbocycles. The minimum atomic E-state index is 0. The fourth-order valence-corrected chi connectivity index (χ4v) is 0.866. The van der Waals surface area contributed by atoms with Crippen LogP contribution in [-0.2, 0) is 0 Å². The van der Waals surface area contributed by atoms with Crippen molar-refractivity contribution < 1.29 is 0 Å². The molecular formula is C7H18IN. The van der Waals surface area contributed by atoms with Crippen molar-refractivity contribution in [2.75, 3.05) is 13.6 Å². The van der Waals surface area contributed by atoms with Crippen LogP contribution in [0.5, 0.6) is 0 Å². The van der Waals surface area contributed by atoms with Crippen LogP contribution in [0.25, 0.3) is 0 Å². The van der Waals surface area contributed by atoms with Gasteiger partial charge in [-0.15, -0.1) is 24.0 Å². The lowest BCUT2D eigenvalue weighted by molar-refractivity contribution is 0.469. The maximum atomic E-state index is 3.17. The summed E-state index contributed by atoms with van der Waals surface area (Å²) in [6, 6.07) is 0. The molecule has 0 amide bonds. The summed E-state index contributed by atoms with van der Waals surface area (Å²) in [7, 11) is 2.01. The molecule has 2 heteroatoms. The summed E-state index contributed by atoms with van der Waals surface area (Å²) in [5, 5.41) is 3.17. The van der Waals surface area contributed by atoms with Gasteiger partial charge >= 0.3 is 0 Å². The zero-order chi connectivity index (χ0) is 6.41. The second-order valence-electron chi connectivity index (χ2n) is 2.24. The van der Waals surface area contributed by atoms with Gasteiger partial charge in [-0.05, 0) is 19.5 Å². The molecule has 0 aliphatic rings. The molecule has 9 heavy (non-hydrogen) atoms. The Morgan fingerprint density at radius 3 is 1.78 bits per heavy atom. The molecule has 0 spiro atoms. The highest BCUT2D eigenvalue weighted by Gasteiger charge is 1.98. The number of hydrogen-bond donors (Lipinski definition) is 1. The first kappa shape index (κ1) is 12.4. The van der Waals surface area contributed by atoms with Gasteiger partial charge in [-0.1, -0.05) is 26.7 Å². The van der Waals surface area contributed by atoms with E-state index in [1.165, 1.54) is 19.4 Å². The number of hydrogen-bond acceptors (Lipinski definition) is 1. The zero-order valence-corrected chi connectivity index (χ0v) is 8.94. The molecule has 58 valence electrons. The Morgan fingerprint density at radius 2 is 1.67 bits per heavy atom. The van der Waals surface area contributed by atoms with Crippen LogP contribution in [0.15, 0.2) is 0 Å². The van der Waals surface area contributed by atoms with Crippen LogP contribution in [0.1, 0.15) is 26.7 Å². The van der Waals surface area contributed by atoms with Crippen LogP contribution < -0.4 is 5.32 Å². The van der Waals surface area contributed by atoms with Crippen LogP contribution in [0.2, 0.25) is 0 Å². The highest BCUT2D eigenvalue weighted by atomic mass is 127. The summed E-state index contributed by atoms with van der Waals surface area (Å²) in [6.45, 7) is 5.66. The van der Waals surface area contributed by atoms with Crippen LogP contribution >= 0.6 is 24.0 Å². The molecule has 0 atom stereocenters. The molecule has 0 aliphatic heterocycles. The lowest BCUT2D eigenvalue weighted by Crippen LogP contribution is -2.17. The Morgan fingerprint density at radius 1 is 1.22 bits per heavy atom. The molecule has 0 unspecified atom stereocenters. The fraction of sp³-hybridized carbons (Fsp3) is 1.00. The number of nitrogens with one attached hydrogen (secondary N) is 1. The van der Waals surface area contributed by atoms with Gasteiger partial charge in [0.15, 0.2) is 0 Å². The monoisotopic (exact) mass is 243 g/mol. The Bertz CT molecular complexity index is 44.2. The summed E-state index contributed by atoms with van der Waals surface area (Å²) in [6.07, 6.45) is 2.61. The van der Waals surface area contributed by atoms with E-state index in [9.17, 15) is 0 Å². The van der Waals surface area contributed by atoms with Crippen LogP contribution in [-0.4, -0.2) is 13.6 Å². The molecule has 0 rings (SSSR count). The number of halogens is 1. The van der Waals surface area contributed by atoms with E-state index in [1.807, 2.05) is 7.05 Å². The molecule has 0 bridgehead atoms. The van der Waals surface area contributed by atoms with Gasteiger partial charge < -0.3 is 5.32 Å². The Kier molecular flexibility index (Phi) is 11.9. The maximum Gasteiger partial charge on any atom is -0.00237 e. The van der Waals surface area contributed by atoms with Gasteiger partial charge in [0.1, 0.15) is 0 Å². The summed E-state index contributed by atoms with van der Waals surface area (Å²) in [5.41, 5.74) is 0. The van der Waals surface area contributed by atoms with E-state index < -0.39 is 0 Å². The predicted molar refractivity (Wildman–Crippen MR) is 53.4 cm³/mol. The Labute approximate surface area is 75.6 Å². The van der Waals surface area contributed by atoms with Gasteiger partial charge in [0.2, 0.25) is 0 Å². The topological polar surface area (TPSA) is 12.0 Å². The smallest absolute Gasteiger partial charge is 0.00237 e. The average molecular weight is 243 g/mol. The molecule has 0 fully saturated rings. The molecule has 0 radical (unpaired) electrons. The van der Waals surface area contributed by atoms with Crippen LogP contribution in [0.3, 0.4) is 0 Å². The molecule has 0 aromatic heterocycles. The van der Waals surface area contributed by atoms with Crippen molar-refractivity contribution in [3.05, 3.63) is 0 Å². The first-order valence-electron chi connectivity index (χ1n) is 3.49. The average Bonchev–Trinajstić information content (AvgIpc) is 1.83. The van der Waals surface area contributed by atoms with Gasteiger partial charge in [-0.25, -0.2) is 0 Å². The van der Waals surface area contributed by atoms with Gasteiger partial charge in [-0.3, -0.25) is 0 Å². The fourth-order valence-electron chi connectivity index (χ4n) is 0.866. The first-order valence-corrected chi connectivity index (χ1v) is 3.49. The van der Waals surface area contributed by atoms with Crippen molar-refractivity contribution >= 4 is 24.0 Å². The molecule has 0 aromatic carbocycles. The van der Waals surface area contributed by atoms with Gasteiger partial charge in [0.05, 0.1) is 0 Å². The SMILES string of the molecule is CCC(CC)CNC.I. The zero-order valence-electron chi connectivity index (χ0n) is 6.61. The summed E-state index contributed by atoms with van der Waals surface area (Å²) >= 11 is 0. The third-order valence-electron chi connectivity index (χ3n) is 1.65. The molecule has 1 N–H and O–H groups in total. The van der Waals surface area contributed by atoms with E-state index in [1.54, 1.807) is 0 Å². The summed E-state index contributed by atoms with van der Waals surface area (Å²) in [4.78, 5) is 0. The van der Waals surface area contributed by atoms with Gasteiger partial charge in [0, 0.05) is 0 Å². The quantitative estimate of drug-likeness (QED) is 0.747. The van der Waals surface area contributed by atoms with E-state index >= 15 is 0 Å². The highest BCUT2D eigenvalue weighted by Crippen LogP contribution is 2.03. The van der Waals surface area contributed by atoms with Crippen molar-refractivity contribution in [2.24, 2.45) is 5.92 Å². The third kappa shape index (κ3) is 6.58. The maximum absolute atomic E-state index is 3.17. The predicted octanol–water partition coefficient (Wildman–Crippen LogP) is 2.26. The first-order chi connectivity index (χ1) is 3.85. The largest absolute Gasteiger partial charge is 0.319 e. The highest BCUT2D eigenvalue weighted by molar-refractivity contribution is 14.0. The van der Waals surface area contributed by atoms with E-state index in [0.29, 0.717) is 0 Å². The lowest BCUT2D eigenvalue weighted by atomic mass is 10.0. The van der Waals surface area contributed by atoms with E-state index in [2.05, 4.69) is 19.2 Å². The molecule has 0 heterocycles. The van der Waals surface area contributed by atoms with E-state index in [-0.39, 0.29) is 24.0 Å².